The van der Waals surface area contributed by atoms with Crippen molar-refractivity contribution in [3.63, 3.8) is 0 Å². The lowest BCUT2D eigenvalue weighted by molar-refractivity contribution is 0.101. The van der Waals surface area contributed by atoms with Crippen LogP contribution < -0.4 is 0 Å². The quantitative estimate of drug-likeness (QED) is 0.725. The highest BCUT2D eigenvalue weighted by atomic mass is 32.2. The highest BCUT2D eigenvalue weighted by molar-refractivity contribution is 7.89. The van der Waals surface area contributed by atoms with Gasteiger partial charge in [-0.3, -0.25) is 4.79 Å². The molecule has 1 aliphatic heterocycles. The lowest BCUT2D eigenvalue weighted by Crippen LogP contribution is -2.48. The molecule has 1 fully saturated rings. The summed E-state index contributed by atoms with van der Waals surface area (Å²) in [5.74, 6) is -0.0664. The lowest BCUT2D eigenvalue weighted by atomic mass is 10.2. The molecule has 1 aromatic carbocycles. The van der Waals surface area contributed by atoms with Crippen molar-refractivity contribution in [2.24, 2.45) is 0 Å². The van der Waals surface area contributed by atoms with E-state index in [2.05, 4.69) is 22.4 Å². The fourth-order valence-corrected chi connectivity index (χ4v) is 5.05. The molecule has 5 nitrogen and oxygen atoms in total. The summed E-state index contributed by atoms with van der Waals surface area (Å²) in [5.41, 5.74) is 0.525. The summed E-state index contributed by atoms with van der Waals surface area (Å²) in [7, 11) is -3.49. The van der Waals surface area contributed by atoms with Gasteiger partial charge in [-0.2, -0.15) is 4.31 Å². The van der Waals surface area contributed by atoms with E-state index in [0.717, 1.165) is 26.1 Å². The summed E-state index contributed by atoms with van der Waals surface area (Å²) >= 11 is 1.76. The number of Topliss-reactive ketones (excluding diaryl/α,β-unsaturated/α-hetero) is 1. The van der Waals surface area contributed by atoms with E-state index in [0.29, 0.717) is 18.7 Å². The first-order valence-electron chi connectivity index (χ1n) is 8.33. The highest BCUT2D eigenvalue weighted by Gasteiger charge is 2.28. The van der Waals surface area contributed by atoms with Gasteiger partial charge in [-0.15, -0.1) is 11.3 Å². The van der Waals surface area contributed by atoms with Crippen molar-refractivity contribution in [3.8, 4) is 0 Å². The van der Waals surface area contributed by atoms with Crippen LogP contribution in [0.15, 0.2) is 46.7 Å². The van der Waals surface area contributed by atoms with Crippen molar-refractivity contribution in [3.05, 3.63) is 52.2 Å². The van der Waals surface area contributed by atoms with Crippen molar-refractivity contribution in [1.82, 2.24) is 9.21 Å². The molecule has 1 aliphatic rings. The normalized spacial score (nSPS) is 16.8. The minimum absolute atomic E-state index is 0.0664. The summed E-state index contributed by atoms with van der Waals surface area (Å²) in [4.78, 5) is 15.3. The van der Waals surface area contributed by atoms with Crippen LogP contribution in [0.5, 0.6) is 0 Å². The molecule has 0 bridgehead atoms. The number of carbonyl (C=O) groups excluding carboxylic acids is 1. The Balaban J connectivity index is 1.58. The Morgan fingerprint density at radius 2 is 1.76 bits per heavy atom. The third-order valence-electron chi connectivity index (χ3n) is 4.48. The first-order chi connectivity index (χ1) is 12.0. The number of nitrogens with zero attached hydrogens (tertiary/aromatic N) is 2. The van der Waals surface area contributed by atoms with E-state index in [-0.39, 0.29) is 10.7 Å². The van der Waals surface area contributed by atoms with Gasteiger partial charge in [-0.05, 0) is 36.9 Å². The summed E-state index contributed by atoms with van der Waals surface area (Å²) in [6.07, 6.45) is 1.01. The van der Waals surface area contributed by atoms with Crippen LogP contribution >= 0.6 is 11.3 Å². The number of carbonyl (C=O) groups is 1. The molecule has 0 atom stereocenters. The number of hydrogen-bond donors (Lipinski definition) is 0. The van der Waals surface area contributed by atoms with E-state index in [1.54, 1.807) is 23.5 Å². The Hall–Kier alpha value is -1.54. The zero-order valence-corrected chi connectivity index (χ0v) is 15.9. The largest absolute Gasteiger partial charge is 0.300 e. The van der Waals surface area contributed by atoms with Gasteiger partial charge in [-0.25, -0.2) is 8.42 Å². The second-order valence-corrected chi connectivity index (χ2v) is 9.13. The van der Waals surface area contributed by atoms with E-state index >= 15 is 0 Å². The van der Waals surface area contributed by atoms with Crippen LogP contribution in [0.25, 0.3) is 0 Å². The van der Waals surface area contributed by atoms with Gasteiger partial charge in [0, 0.05) is 43.2 Å². The van der Waals surface area contributed by atoms with Gasteiger partial charge >= 0.3 is 0 Å². The molecule has 3 rings (SSSR count). The highest BCUT2D eigenvalue weighted by Crippen LogP contribution is 2.19. The van der Waals surface area contributed by atoms with Gasteiger partial charge in [0.2, 0.25) is 10.0 Å². The Kier molecular flexibility index (Phi) is 5.68. The molecule has 25 heavy (non-hydrogen) atoms. The van der Waals surface area contributed by atoms with Crippen LogP contribution in [0, 0.1) is 0 Å². The summed E-state index contributed by atoms with van der Waals surface area (Å²) in [6.45, 7) is 4.93. The molecule has 0 N–H and O–H groups in total. The summed E-state index contributed by atoms with van der Waals surface area (Å²) < 4.78 is 27.0. The van der Waals surface area contributed by atoms with Crippen LogP contribution in [-0.2, 0) is 16.4 Å². The molecule has 0 unspecified atom stereocenters. The standard InChI is InChI=1S/C18H22N2O3S2/c1-15(21)16-4-6-18(7-5-16)25(22,23)20-12-10-19(11-13-20)9-8-17-3-2-14-24-17/h2-7,14H,8-13H2,1H3. The molecule has 0 aliphatic carbocycles. The SMILES string of the molecule is CC(=O)c1ccc(S(=O)(=O)N2CCN(CCc3cccs3)CC2)cc1. The van der Waals surface area contributed by atoms with Crippen LogP contribution in [-0.4, -0.2) is 56.1 Å². The molecule has 134 valence electrons. The summed E-state index contributed by atoms with van der Waals surface area (Å²) in [5, 5.41) is 2.08. The second-order valence-electron chi connectivity index (χ2n) is 6.16. The first kappa shape index (κ1) is 18.3. The number of piperazine rings is 1. The van der Waals surface area contributed by atoms with E-state index in [1.165, 1.54) is 28.2 Å². The number of rotatable bonds is 6. The maximum atomic E-state index is 12.7. The van der Waals surface area contributed by atoms with Crippen LogP contribution in [0.4, 0.5) is 0 Å². The second kappa shape index (κ2) is 7.78. The topological polar surface area (TPSA) is 57.7 Å². The average Bonchev–Trinajstić information content (AvgIpc) is 3.14. The van der Waals surface area contributed by atoms with Gasteiger partial charge < -0.3 is 4.90 Å². The van der Waals surface area contributed by atoms with E-state index in [1.807, 2.05) is 0 Å². The number of benzene rings is 1. The van der Waals surface area contributed by atoms with E-state index in [4.69, 9.17) is 0 Å². The number of sulfonamides is 1. The van der Waals surface area contributed by atoms with Crippen molar-refractivity contribution in [2.45, 2.75) is 18.2 Å². The van der Waals surface area contributed by atoms with Gasteiger partial charge in [0.1, 0.15) is 0 Å². The third kappa shape index (κ3) is 4.36. The maximum Gasteiger partial charge on any atom is 0.243 e. The molecule has 0 spiro atoms. The summed E-state index contributed by atoms with van der Waals surface area (Å²) in [6, 6.07) is 10.4. The lowest BCUT2D eigenvalue weighted by Gasteiger charge is -2.33. The third-order valence-corrected chi connectivity index (χ3v) is 7.33. The monoisotopic (exact) mass is 378 g/mol. The Labute approximate surface area is 152 Å². The van der Waals surface area contributed by atoms with E-state index in [9.17, 15) is 13.2 Å². The Bertz CT molecular complexity index is 807. The molecule has 2 aromatic rings. The van der Waals surface area contributed by atoms with Crippen LogP contribution in [0.1, 0.15) is 22.2 Å². The Morgan fingerprint density at radius 1 is 1.08 bits per heavy atom. The van der Waals surface area contributed by atoms with Crippen molar-refractivity contribution in [2.75, 3.05) is 32.7 Å². The van der Waals surface area contributed by atoms with Crippen molar-refractivity contribution < 1.29 is 13.2 Å². The molecule has 0 saturated carbocycles. The van der Waals surface area contributed by atoms with Gasteiger partial charge in [0.05, 0.1) is 4.90 Å². The van der Waals surface area contributed by atoms with Gasteiger partial charge in [-0.1, -0.05) is 18.2 Å². The van der Waals surface area contributed by atoms with Crippen LogP contribution in [0.2, 0.25) is 0 Å². The minimum atomic E-state index is -3.49. The van der Waals surface area contributed by atoms with Gasteiger partial charge in [0.25, 0.3) is 0 Å². The minimum Gasteiger partial charge on any atom is -0.300 e. The molecule has 7 heteroatoms. The maximum absolute atomic E-state index is 12.7. The predicted octanol–water partition coefficient (Wildman–Crippen LogP) is 2.50. The Morgan fingerprint density at radius 3 is 2.32 bits per heavy atom. The fourth-order valence-electron chi connectivity index (χ4n) is 2.93. The predicted molar refractivity (Wildman–Crippen MR) is 99.7 cm³/mol. The van der Waals surface area contributed by atoms with Crippen LogP contribution in [0.3, 0.4) is 0 Å². The molecule has 2 heterocycles. The van der Waals surface area contributed by atoms with Crippen molar-refractivity contribution >= 4 is 27.1 Å². The number of ketones is 1. The molecular formula is C18H22N2O3S2. The molecule has 1 saturated heterocycles. The first-order valence-corrected chi connectivity index (χ1v) is 10.6. The van der Waals surface area contributed by atoms with E-state index < -0.39 is 10.0 Å². The molecule has 0 radical (unpaired) electrons. The zero-order valence-electron chi connectivity index (χ0n) is 14.2. The molecular weight excluding hydrogens is 356 g/mol. The zero-order chi connectivity index (χ0) is 17.9. The smallest absolute Gasteiger partial charge is 0.243 e. The number of hydrogen-bond acceptors (Lipinski definition) is 5. The van der Waals surface area contributed by atoms with Gasteiger partial charge in [0.15, 0.2) is 5.78 Å². The number of thiophene rings is 1. The van der Waals surface area contributed by atoms with Crippen molar-refractivity contribution in [1.29, 1.82) is 0 Å². The molecule has 1 aromatic heterocycles. The average molecular weight is 379 g/mol. The fraction of sp³-hybridized carbons (Fsp3) is 0.389. The molecule has 0 amide bonds.